The summed E-state index contributed by atoms with van der Waals surface area (Å²) in [6.45, 7) is 7.74. The van der Waals surface area contributed by atoms with Gasteiger partial charge in [-0.3, -0.25) is 14.4 Å². The third-order valence-corrected chi connectivity index (χ3v) is 9.32. The Balaban J connectivity index is 2.21. The van der Waals surface area contributed by atoms with Crippen LogP contribution in [0.25, 0.3) is 0 Å². The summed E-state index contributed by atoms with van der Waals surface area (Å²) in [6.07, 6.45) is 2.69. The number of rotatable bonds is 13. The Labute approximate surface area is 226 Å². The van der Waals surface area contributed by atoms with Crippen LogP contribution in [0.3, 0.4) is 0 Å². The van der Waals surface area contributed by atoms with Crippen LogP contribution in [0.15, 0.2) is 0 Å². The normalized spacial score (nSPS) is 29.6. The monoisotopic (exact) mass is 561 g/mol. The van der Waals surface area contributed by atoms with E-state index in [0.717, 1.165) is 19.1 Å². The zero-order valence-corrected chi connectivity index (χ0v) is 24.2. The average Bonchev–Trinajstić information content (AvgIpc) is 2.76. The van der Waals surface area contributed by atoms with Gasteiger partial charge in [0.2, 0.25) is 5.91 Å². The predicted octanol–water partition coefficient (Wildman–Crippen LogP) is 2.30. The van der Waals surface area contributed by atoms with Gasteiger partial charge in [-0.1, -0.05) is 20.3 Å². The number of carboxylic acid groups (broad SMARTS) is 1. The number of aliphatic hydroxyl groups excluding tert-OH is 2. The van der Waals surface area contributed by atoms with E-state index in [-0.39, 0.29) is 36.2 Å². The topological polar surface area (TPSA) is 167 Å². The number of hydrogen-bond donors (Lipinski definition) is 4. The van der Waals surface area contributed by atoms with Crippen molar-refractivity contribution < 1.29 is 42.9 Å². The van der Waals surface area contributed by atoms with E-state index in [4.69, 9.17) is 9.84 Å². The van der Waals surface area contributed by atoms with Crippen molar-refractivity contribution in [2.45, 2.75) is 110 Å². The molecule has 0 spiro atoms. The van der Waals surface area contributed by atoms with E-state index in [9.17, 15) is 33.0 Å². The number of nitrogens with one attached hydrogen (secondary N) is 1. The molecule has 2 aliphatic carbocycles. The Morgan fingerprint density at radius 2 is 1.76 bits per heavy atom. The fraction of sp³-hybridized carbons (Fsp3) is 0.889. The largest absolute Gasteiger partial charge is 0.481 e. The maximum atomic E-state index is 13.1. The highest BCUT2D eigenvalue weighted by Crippen LogP contribution is 2.49. The third kappa shape index (κ3) is 9.79. The standard InChI is InChI=1S/C27H47NO9S/c1-6-27(3,4)26(34)37-22-12-18(28-23(31)15-38(5,35)36)11-17-8-7-16(2)21(25(17)22)10-9-19(29)13-20(30)14-24(32)33/h16-22,25,29-30H,6-15H2,1-5H3,(H,28,31)(H,32,33)/t16-,17-,18-,19?,20+,21-,22-,25-/m1/s1. The van der Waals surface area contributed by atoms with Crippen LogP contribution in [0, 0.1) is 29.1 Å². The lowest BCUT2D eigenvalue weighted by atomic mass is 9.58. The molecule has 1 unspecified atom stereocenters. The Hall–Kier alpha value is -1.72. The van der Waals surface area contributed by atoms with Crippen molar-refractivity contribution in [3.63, 3.8) is 0 Å². The molecular formula is C27H47NO9S. The van der Waals surface area contributed by atoms with E-state index in [2.05, 4.69) is 12.2 Å². The number of amides is 1. The molecule has 8 atom stereocenters. The van der Waals surface area contributed by atoms with Gasteiger partial charge >= 0.3 is 11.9 Å². The van der Waals surface area contributed by atoms with Gasteiger partial charge in [0.15, 0.2) is 9.84 Å². The fourth-order valence-corrected chi connectivity index (χ4v) is 6.70. The van der Waals surface area contributed by atoms with Crippen LogP contribution in [-0.2, 0) is 29.0 Å². The zero-order chi connectivity index (χ0) is 28.8. The quantitative estimate of drug-likeness (QED) is 0.247. The van der Waals surface area contributed by atoms with Crippen molar-refractivity contribution in [2.24, 2.45) is 29.1 Å². The number of carbonyl (C=O) groups excluding carboxylic acids is 2. The second-order valence-corrected chi connectivity index (χ2v) is 14.4. The highest BCUT2D eigenvalue weighted by atomic mass is 32.2. The van der Waals surface area contributed by atoms with Gasteiger partial charge in [0, 0.05) is 24.6 Å². The molecule has 11 heteroatoms. The second kappa shape index (κ2) is 13.6. The molecule has 0 aromatic rings. The summed E-state index contributed by atoms with van der Waals surface area (Å²) in [4.78, 5) is 36.3. The fourth-order valence-electron chi connectivity index (χ4n) is 6.14. The molecule has 0 aliphatic heterocycles. The average molecular weight is 562 g/mol. The van der Waals surface area contributed by atoms with Crippen LogP contribution < -0.4 is 5.32 Å². The number of carbonyl (C=O) groups is 3. The van der Waals surface area contributed by atoms with Crippen LogP contribution in [0.1, 0.15) is 85.5 Å². The first-order chi connectivity index (χ1) is 17.5. The molecule has 2 saturated carbocycles. The van der Waals surface area contributed by atoms with Gasteiger partial charge in [-0.25, -0.2) is 8.42 Å². The lowest BCUT2D eigenvalue weighted by Gasteiger charge is -2.50. The molecule has 4 N–H and O–H groups in total. The lowest BCUT2D eigenvalue weighted by Crippen LogP contribution is -2.53. The first kappa shape index (κ1) is 32.5. The number of esters is 1. The SMILES string of the molecule is CCC(C)(C)C(=O)O[C@@H]1C[C@H](NC(=O)CS(C)(=O)=O)C[C@H]2CC[C@@H](C)[C@@H](CCC(O)C[C@H](O)CC(=O)O)[C@@H]21. The summed E-state index contributed by atoms with van der Waals surface area (Å²) < 4.78 is 29.3. The molecule has 0 aromatic carbocycles. The summed E-state index contributed by atoms with van der Waals surface area (Å²) in [6, 6.07) is -0.307. The maximum absolute atomic E-state index is 13.1. The summed E-state index contributed by atoms with van der Waals surface area (Å²) >= 11 is 0. The number of sulfone groups is 1. The van der Waals surface area contributed by atoms with Crippen molar-refractivity contribution in [3.8, 4) is 0 Å². The highest BCUT2D eigenvalue weighted by molar-refractivity contribution is 7.91. The van der Waals surface area contributed by atoms with Gasteiger partial charge < -0.3 is 25.4 Å². The Kier molecular flexibility index (Phi) is 11.6. The minimum Gasteiger partial charge on any atom is -0.481 e. The molecule has 0 bridgehead atoms. The number of hydrogen-bond acceptors (Lipinski definition) is 8. The molecule has 0 aromatic heterocycles. The van der Waals surface area contributed by atoms with Crippen LogP contribution in [-0.4, -0.2) is 77.9 Å². The van der Waals surface area contributed by atoms with Gasteiger partial charge in [-0.2, -0.15) is 0 Å². The van der Waals surface area contributed by atoms with Gasteiger partial charge in [-0.15, -0.1) is 0 Å². The number of aliphatic carboxylic acids is 1. The maximum Gasteiger partial charge on any atom is 0.311 e. The van der Waals surface area contributed by atoms with Crippen molar-refractivity contribution in [3.05, 3.63) is 0 Å². The molecule has 0 saturated heterocycles. The first-order valence-corrected chi connectivity index (χ1v) is 15.8. The summed E-state index contributed by atoms with van der Waals surface area (Å²) in [5.41, 5.74) is -0.672. The molecule has 2 aliphatic rings. The van der Waals surface area contributed by atoms with E-state index in [1.54, 1.807) is 0 Å². The molecule has 10 nitrogen and oxygen atoms in total. The van der Waals surface area contributed by atoms with Crippen LogP contribution >= 0.6 is 0 Å². The van der Waals surface area contributed by atoms with Crippen molar-refractivity contribution >= 4 is 27.7 Å². The predicted molar refractivity (Wildman–Crippen MR) is 142 cm³/mol. The molecule has 2 fully saturated rings. The Bertz CT molecular complexity index is 935. The summed E-state index contributed by atoms with van der Waals surface area (Å²) in [5, 5.41) is 32.1. The summed E-state index contributed by atoms with van der Waals surface area (Å²) in [7, 11) is -3.47. The van der Waals surface area contributed by atoms with Crippen LogP contribution in [0.4, 0.5) is 0 Å². The molecule has 1 amide bonds. The second-order valence-electron chi connectivity index (χ2n) is 12.3. The number of carboxylic acids is 1. The number of aliphatic hydroxyl groups is 2. The minimum atomic E-state index is -3.47. The van der Waals surface area contributed by atoms with Crippen LogP contribution in [0.5, 0.6) is 0 Å². The van der Waals surface area contributed by atoms with Gasteiger partial charge in [0.25, 0.3) is 0 Å². The lowest BCUT2D eigenvalue weighted by molar-refractivity contribution is -0.172. The Morgan fingerprint density at radius 1 is 1.11 bits per heavy atom. The van der Waals surface area contributed by atoms with E-state index in [0.29, 0.717) is 38.0 Å². The van der Waals surface area contributed by atoms with Crippen molar-refractivity contribution in [2.75, 3.05) is 12.0 Å². The molecule has 220 valence electrons. The van der Waals surface area contributed by atoms with E-state index < -0.39 is 57.6 Å². The molecular weight excluding hydrogens is 514 g/mol. The molecule has 0 radical (unpaired) electrons. The minimum absolute atomic E-state index is 0.0148. The van der Waals surface area contributed by atoms with Crippen LogP contribution in [0.2, 0.25) is 0 Å². The molecule has 38 heavy (non-hydrogen) atoms. The first-order valence-electron chi connectivity index (χ1n) is 13.8. The van der Waals surface area contributed by atoms with Crippen molar-refractivity contribution in [1.82, 2.24) is 5.32 Å². The van der Waals surface area contributed by atoms with Gasteiger partial charge in [0.05, 0.1) is 24.0 Å². The molecule has 2 rings (SSSR count). The van der Waals surface area contributed by atoms with Gasteiger partial charge in [-0.05, 0) is 70.1 Å². The Morgan fingerprint density at radius 3 is 2.34 bits per heavy atom. The summed E-state index contributed by atoms with van der Waals surface area (Å²) in [5.74, 6) is -1.94. The molecule has 0 heterocycles. The van der Waals surface area contributed by atoms with E-state index in [1.165, 1.54) is 0 Å². The number of fused-ring (bicyclic) bond motifs is 1. The van der Waals surface area contributed by atoms with Crippen molar-refractivity contribution in [1.29, 1.82) is 0 Å². The third-order valence-electron chi connectivity index (χ3n) is 8.54. The van der Waals surface area contributed by atoms with E-state index in [1.807, 2.05) is 20.8 Å². The van der Waals surface area contributed by atoms with E-state index >= 15 is 0 Å². The smallest absolute Gasteiger partial charge is 0.311 e. The van der Waals surface area contributed by atoms with Gasteiger partial charge in [0.1, 0.15) is 11.9 Å². The zero-order valence-electron chi connectivity index (χ0n) is 23.4. The highest BCUT2D eigenvalue weighted by Gasteiger charge is 2.48. The number of ether oxygens (including phenoxy) is 1.